The molecule has 0 radical (unpaired) electrons. The number of carboxylic acids is 1. The Kier molecular flexibility index (Phi) is 25.7. The maximum Gasteiger partial charge on any atom is 1.00 e. The largest absolute Gasteiger partial charge is 1.00 e. The number of ether oxygens (including phenoxy) is 1. The number of hydrogen-bond acceptors (Lipinski definition) is 10. The van der Waals surface area contributed by atoms with Crippen molar-refractivity contribution in [2.24, 2.45) is 5.73 Å². The molecule has 3 atom stereocenters. The van der Waals surface area contributed by atoms with Gasteiger partial charge in [-0.2, -0.15) is 0 Å². The van der Waals surface area contributed by atoms with Gasteiger partial charge >= 0.3 is 43.3 Å². The van der Waals surface area contributed by atoms with Gasteiger partial charge in [-0.3, -0.25) is 19.1 Å². The van der Waals surface area contributed by atoms with Crippen LogP contribution < -0.4 is 40.4 Å². The van der Waals surface area contributed by atoms with E-state index in [1.165, 1.54) is 57.8 Å². The molecule has 0 amide bonds. The number of aliphatic carboxylic acids is 1. The van der Waals surface area contributed by atoms with Gasteiger partial charge in [0.15, 0.2) is 6.10 Å². The van der Waals surface area contributed by atoms with Crippen LogP contribution in [0.3, 0.4) is 0 Å². The predicted octanol–water partition coefficient (Wildman–Crippen LogP) is 0.0839. The zero-order valence-corrected chi connectivity index (χ0v) is 24.3. The second-order valence-corrected chi connectivity index (χ2v) is 9.84. The molecule has 0 aliphatic rings. The molecule has 1 unspecified atom stereocenters. The van der Waals surface area contributed by atoms with Crippen LogP contribution in [0.15, 0.2) is 0 Å². The Balaban J connectivity index is 0. The fraction of sp³-hybridized carbons (Fsp3) is 0.909. The van der Waals surface area contributed by atoms with Crippen molar-refractivity contribution in [1.29, 1.82) is 0 Å². The van der Waals surface area contributed by atoms with Gasteiger partial charge in [0.1, 0.15) is 6.61 Å². The Morgan fingerprint density at radius 1 is 0.857 bits per heavy atom. The normalized spacial score (nSPS) is 14.5. The summed E-state index contributed by atoms with van der Waals surface area (Å²) in [5, 5.41) is 19.3. The first kappa shape index (κ1) is 37.1. The van der Waals surface area contributed by atoms with Gasteiger partial charge in [-0.15, -0.1) is 0 Å². The molecule has 0 bridgehead atoms. The van der Waals surface area contributed by atoms with Crippen LogP contribution in [0.1, 0.15) is 96.8 Å². The summed E-state index contributed by atoms with van der Waals surface area (Å²) in [6, 6.07) is -1.61. The Labute approximate surface area is 231 Å². The van der Waals surface area contributed by atoms with Crippen LogP contribution >= 0.6 is 7.82 Å². The topological polar surface area (TPSA) is 178 Å². The molecule has 0 aromatic carbocycles. The summed E-state index contributed by atoms with van der Waals surface area (Å²) in [7, 11) is -4.65. The minimum absolute atomic E-state index is 0. The quantitative estimate of drug-likeness (QED) is 0.0381. The molecule has 0 aromatic heterocycles. The number of phosphoric acid groups is 1. The van der Waals surface area contributed by atoms with Gasteiger partial charge in [0.05, 0.1) is 25.2 Å². The van der Waals surface area contributed by atoms with Crippen molar-refractivity contribution in [2.75, 3.05) is 19.8 Å². The van der Waals surface area contributed by atoms with E-state index >= 15 is 0 Å². The molecule has 202 valence electrons. The number of rotatable bonds is 24. The van der Waals surface area contributed by atoms with Crippen molar-refractivity contribution < 1.29 is 77.6 Å². The van der Waals surface area contributed by atoms with E-state index in [4.69, 9.17) is 15.7 Å². The van der Waals surface area contributed by atoms with E-state index in [9.17, 15) is 24.2 Å². The minimum Gasteiger partial charge on any atom is -0.548 e. The Morgan fingerprint density at radius 2 is 1.31 bits per heavy atom. The van der Waals surface area contributed by atoms with Crippen LogP contribution in [0.4, 0.5) is 0 Å². The third-order valence-electron chi connectivity index (χ3n) is 5.21. The molecule has 0 heterocycles. The third kappa shape index (κ3) is 24.0. The number of phosphoric ester groups is 1. The van der Waals surface area contributed by atoms with Crippen LogP contribution in [-0.4, -0.2) is 54.1 Å². The van der Waals surface area contributed by atoms with Crippen molar-refractivity contribution in [1.82, 2.24) is 0 Å². The first-order valence-corrected chi connectivity index (χ1v) is 13.8. The first-order chi connectivity index (χ1) is 16.2. The van der Waals surface area contributed by atoms with Crippen LogP contribution in [0.2, 0.25) is 0 Å². The van der Waals surface area contributed by atoms with Gasteiger partial charge in [-0.25, -0.2) is 9.45 Å². The molecule has 35 heavy (non-hydrogen) atoms. The second kappa shape index (κ2) is 24.3. The maximum atomic E-state index is 11.8. The van der Waals surface area contributed by atoms with Crippen molar-refractivity contribution in [2.45, 2.75) is 109 Å². The number of hydrogen-bond donors (Lipinski definition) is 3. The maximum absolute atomic E-state index is 11.8. The van der Waals surface area contributed by atoms with E-state index in [2.05, 4.69) is 20.9 Å². The number of unbranched alkanes of at least 4 members (excludes halogenated alkanes) is 12. The average Bonchev–Trinajstić information content (AvgIpc) is 2.80. The van der Waals surface area contributed by atoms with E-state index in [1.807, 2.05) is 0 Å². The average molecular weight is 536 g/mol. The van der Waals surface area contributed by atoms with Crippen molar-refractivity contribution in [3.63, 3.8) is 0 Å². The van der Waals surface area contributed by atoms with Crippen molar-refractivity contribution in [3.8, 4) is 0 Å². The number of nitrogens with two attached hydrogens (primary N) is 1. The number of carbonyl (C=O) groups is 2. The molecule has 0 aromatic rings. The molecule has 0 fully saturated rings. The molecule has 0 aliphatic carbocycles. The summed E-state index contributed by atoms with van der Waals surface area (Å²) in [5.41, 5.74) is 5.10. The van der Waals surface area contributed by atoms with Gasteiger partial charge in [-0.1, -0.05) is 84.0 Å². The molecule has 13 heteroatoms. The summed E-state index contributed by atoms with van der Waals surface area (Å²) < 4.78 is 25.6. The number of carbonyl (C=O) groups excluding carboxylic acids is 2. The fourth-order valence-corrected chi connectivity index (χ4v) is 3.89. The van der Waals surface area contributed by atoms with E-state index in [1.54, 1.807) is 0 Å². The SMILES string of the molecule is CCCCCCCCCCCCCCCC(=O)OC[C@H](COP(=O)(O)OC[C@H](N)C(=O)[O-])OO.[Na+]. The standard InChI is InChI=1S/C22H44NO10P.Na/c1-2-3-4-5-6-7-8-9-10-11-12-13-14-15-21(24)30-16-19(33-27)17-31-34(28,29)32-18-20(23)22(25)26;/h19-20,27H,2-18,23H2,1H3,(H,25,26)(H,28,29);/q;+1/p-1/t19-,20+;/m1./s1. The minimum atomic E-state index is -4.65. The summed E-state index contributed by atoms with van der Waals surface area (Å²) in [5.74, 6) is -2.14. The van der Waals surface area contributed by atoms with E-state index in [0.717, 1.165) is 19.3 Å². The summed E-state index contributed by atoms with van der Waals surface area (Å²) in [4.78, 5) is 35.8. The van der Waals surface area contributed by atoms with Crippen LogP contribution in [0, 0.1) is 0 Å². The van der Waals surface area contributed by atoms with Gasteiger partial charge in [0.2, 0.25) is 0 Å². The Bertz CT molecular complexity index is 584. The fourth-order valence-electron chi connectivity index (χ4n) is 3.11. The molecule has 0 saturated heterocycles. The van der Waals surface area contributed by atoms with Gasteiger partial charge in [0.25, 0.3) is 0 Å². The van der Waals surface area contributed by atoms with E-state index in [0.29, 0.717) is 6.42 Å². The molecule has 0 saturated carbocycles. The third-order valence-corrected chi connectivity index (χ3v) is 6.16. The molecular weight excluding hydrogens is 492 g/mol. The monoisotopic (exact) mass is 535 g/mol. The van der Waals surface area contributed by atoms with Crippen LogP contribution in [0.5, 0.6) is 0 Å². The summed E-state index contributed by atoms with van der Waals surface area (Å²) in [6.07, 6.45) is 14.6. The van der Waals surface area contributed by atoms with Gasteiger partial charge in [-0.05, 0) is 6.42 Å². The summed E-state index contributed by atoms with van der Waals surface area (Å²) >= 11 is 0. The Hall–Kier alpha value is -0.0700. The van der Waals surface area contributed by atoms with Gasteiger partial charge < -0.3 is 25.3 Å². The molecule has 0 aliphatic heterocycles. The first-order valence-electron chi connectivity index (χ1n) is 12.3. The second-order valence-electron chi connectivity index (χ2n) is 8.39. The van der Waals surface area contributed by atoms with E-state index < -0.39 is 51.7 Å². The Morgan fingerprint density at radius 3 is 1.77 bits per heavy atom. The number of carboxylic acid groups (broad SMARTS) is 1. The zero-order valence-electron chi connectivity index (χ0n) is 21.4. The zero-order chi connectivity index (χ0) is 25.7. The number of esters is 1. The smallest absolute Gasteiger partial charge is 0.548 e. The molecule has 4 N–H and O–H groups in total. The van der Waals surface area contributed by atoms with Crippen molar-refractivity contribution in [3.05, 3.63) is 0 Å². The molecular formula is C22H43NNaO10P. The predicted molar refractivity (Wildman–Crippen MR) is 123 cm³/mol. The van der Waals surface area contributed by atoms with Gasteiger partial charge in [0, 0.05) is 6.42 Å². The molecule has 11 nitrogen and oxygen atoms in total. The van der Waals surface area contributed by atoms with Crippen LogP contribution in [-0.2, 0) is 32.8 Å². The summed E-state index contributed by atoms with van der Waals surface area (Å²) in [6.45, 7) is 0.377. The van der Waals surface area contributed by atoms with Crippen LogP contribution in [0.25, 0.3) is 0 Å². The van der Waals surface area contributed by atoms with Crippen molar-refractivity contribution >= 4 is 19.8 Å². The molecule has 0 spiro atoms. The molecule has 0 rings (SSSR count). The van der Waals surface area contributed by atoms with E-state index in [-0.39, 0.29) is 36.0 Å².